The van der Waals surface area contributed by atoms with Crippen molar-refractivity contribution in [3.8, 4) is 11.3 Å². The predicted molar refractivity (Wildman–Crippen MR) is 81.0 cm³/mol. The molecule has 1 N–H and O–H groups in total. The van der Waals surface area contributed by atoms with Crippen molar-refractivity contribution in [2.24, 2.45) is 0 Å². The van der Waals surface area contributed by atoms with E-state index in [0.29, 0.717) is 17.0 Å². The fraction of sp³-hybridized carbons (Fsp3) is 0.0588. The number of rotatable bonds is 3. The summed E-state index contributed by atoms with van der Waals surface area (Å²) in [7, 11) is 0. The molecule has 0 saturated heterocycles. The third-order valence-corrected chi connectivity index (χ3v) is 3.18. The van der Waals surface area contributed by atoms with E-state index in [-0.39, 0.29) is 17.4 Å². The van der Waals surface area contributed by atoms with Crippen LogP contribution in [0.15, 0.2) is 59.1 Å². The molecule has 4 nitrogen and oxygen atoms in total. The van der Waals surface area contributed by atoms with Crippen molar-refractivity contribution in [1.29, 1.82) is 0 Å². The molecule has 0 aliphatic heterocycles. The molecule has 1 heterocycles. The van der Waals surface area contributed by atoms with E-state index in [1.807, 2.05) is 31.2 Å². The lowest BCUT2D eigenvalue weighted by atomic mass is 10.1. The van der Waals surface area contributed by atoms with Gasteiger partial charge in [0.25, 0.3) is 5.91 Å². The van der Waals surface area contributed by atoms with E-state index in [1.165, 1.54) is 18.2 Å². The minimum atomic E-state index is -0.360. The Balaban J connectivity index is 1.76. The number of hydrogen-bond acceptors (Lipinski definition) is 3. The molecule has 2 aromatic carbocycles. The van der Waals surface area contributed by atoms with Gasteiger partial charge < -0.3 is 9.84 Å². The van der Waals surface area contributed by atoms with Crippen molar-refractivity contribution in [1.82, 2.24) is 5.16 Å². The molecule has 3 aromatic rings. The Hall–Kier alpha value is -2.95. The lowest BCUT2D eigenvalue weighted by Gasteiger charge is -2.02. The highest BCUT2D eigenvalue weighted by atomic mass is 19.1. The Labute approximate surface area is 126 Å². The SMILES string of the molecule is Cc1ccc(NC(=O)c2cc(-c3ccc(F)cc3)on2)cc1. The third-order valence-electron chi connectivity index (χ3n) is 3.18. The lowest BCUT2D eigenvalue weighted by Crippen LogP contribution is -2.11. The van der Waals surface area contributed by atoms with Crippen LogP contribution in [0.2, 0.25) is 0 Å². The summed E-state index contributed by atoms with van der Waals surface area (Å²) in [6.07, 6.45) is 0. The van der Waals surface area contributed by atoms with Crippen LogP contribution in [0.4, 0.5) is 10.1 Å². The minimum Gasteiger partial charge on any atom is -0.355 e. The van der Waals surface area contributed by atoms with Crippen LogP contribution in [-0.2, 0) is 0 Å². The number of aryl methyl sites for hydroxylation is 1. The number of amides is 1. The van der Waals surface area contributed by atoms with E-state index in [0.717, 1.165) is 5.56 Å². The molecule has 0 bridgehead atoms. The third kappa shape index (κ3) is 3.03. The maximum absolute atomic E-state index is 12.9. The zero-order valence-corrected chi connectivity index (χ0v) is 11.8. The van der Waals surface area contributed by atoms with Crippen molar-refractivity contribution >= 4 is 11.6 Å². The summed E-state index contributed by atoms with van der Waals surface area (Å²) in [5.74, 6) is -0.282. The van der Waals surface area contributed by atoms with Crippen LogP contribution in [-0.4, -0.2) is 11.1 Å². The molecule has 0 radical (unpaired) electrons. The first-order chi connectivity index (χ1) is 10.6. The number of nitrogens with zero attached hydrogens (tertiary/aromatic N) is 1. The average molecular weight is 296 g/mol. The van der Waals surface area contributed by atoms with Crippen LogP contribution in [0.25, 0.3) is 11.3 Å². The second kappa shape index (κ2) is 5.81. The average Bonchev–Trinajstić information content (AvgIpc) is 3.00. The summed E-state index contributed by atoms with van der Waals surface area (Å²) in [6, 6.07) is 14.7. The molecule has 22 heavy (non-hydrogen) atoms. The van der Waals surface area contributed by atoms with Crippen molar-refractivity contribution < 1.29 is 13.7 Å². The van der Waals surface area contributed by atoms with Crippen LogP contribution in [0.1, 0.15) is 16.1 Å². The van der Waals surface area contributed by atoms with Crippen LogP contribution in [0, 0.1) is 12.7 Å². The van der Waals surface area contributed by atoms with Crippen molar-refractivity contribution in [2.45, 2.75) is 6.92 Å². The minimum absolute atomic E-state index is 0.167. The van der Waals surface area contributed by atoms with E-state index in [1.54, 1.807) is 12.1 Å². The maximum Gasteiger partial charge on any atom is 0.277 e. The molecule has 0 aliphatic rings. The van der Waals surface area contributed by atoms with Gasteiger partial charge in [0.15, 0.2) is 11.5 Å². The fourth-order valence-corrected chi connectivity index (χ4v) is 1.96. The van der Waals surface area contributed by atoms with Crippen LogP contribution < -0.4 is 5.32 Å². The molecule has 1 amide bonds. The first-order valence-electron chi connectivity index (χ1n) is 6.72. The molecule has 1 aromatic heterocycles. The van der Waals surface area contributed by atoms with Gasteiger partial charge in [-0.25, -0.2) is 4.39 Å². The topological polar surface area (TPSA) is 55.1 Å². The Kier molecular flexibility index (Phi) is 3.70. The highest BCUT2D eigenvalue weighted by Gasteiger charge is 2.14. The van der Waals surface area contributed by atoms with Gasteiger partial charge in [-0.3, -0.25) is 4.79 Å². The van der Waals surface area contributed by atoms with E-state index >= 15 is 0 Å². The highest BCUT2D eigenvalue weighted by molar-refractivity contribution is 6.03. The summed E-state index contributed by atoms with van der Waals surface area (Å²) in [5, 5.41) is 6.49. The van der Waals surface area contributed by atoms with E-state index < -0.39 is 0 Å². The van der Waals surface area contributed by atoms with Gasteiger partial charge in [0.1, 0.15) is 5.82 Å². The molecule has 0 fully saturated rings. The van der Waals surface area contributed by atoms with Crippen molar-refractivity contribution in [3.05, 3.63) is 71.7 Å². The van der Waals surface area contributed by atoms with E-state index in [9.17, 15) is 9.18 Å². The van der Waals surface area contributed by atoms with Crippen LogP contribution in [0.3, 0.4) is 0 Å². The predicted octanol–water partition coefficient (Wildman–Crippen LogP) is 4.04. The van der Waals surface area contributed by atoms with Gasteiger partial charge in [-0.05, 0) is 43.3 Å². The zero-order valence-electron chi connectivity index (χ0n) is 11.8. The smallest absolute Gasteiger partial charge is 0.277 e. The molecule has 5 heteroatoms. The van der Waals surface area contributed by atoms with Crippen LogP contribution >= 0.6 is 0 Å². The fourth-order valence-electron chi connectivity index (χ4n) is 1.96. The molecule has 0 aliphatic carbocycles. The van der Waals surface area contributed by atoms with Gasteiger partial charge in [0.2, 0.25) is 0 Å². The monoisotopic (exact) mass is 296 g/mol. The normalized spacial score (nSPS) is 10.5. The summed E-state index contributed by atoms with van der Waals surface area (Å²) in [5.41, 5.74) is 2.61. The van der Waals surface area contributed by atoms with E-state index in [4.69, 9.17) is 4.52 Å². The summed E-state index contributed by atoms with van der Waals surface area (Å²) in [6.45, 7) is 1.97. The highest BCUT2D eigenvalue weighted by Crippen LogP contribution is 2.21. The Morgan fingerprint density at radius 1 is 1.09 bits per heavy atom. The van der Waals surface area contributed by atoms with Gasteiger partial charge in [0.05, 0.1) is 0 Å². The molecule has 0 saturated carbocycles. The molecular weight excluding hydrogens is 283 g/mol. The number of nitrogens with one attached hydrogen (secondary N) is 1. The van der Waals surface area contributed by atoms with Gasteiger partial charge >= 0.3 is 0 Å². The summed E-state index contributed by atoms with van der Waals surface area (Å²) >= 11 is 0. The number of benzene rings is 2. The number of hydrogen-bond donors (Lipinski definition) is 1. The molecule has 110 valence electrons. The first-order valence-corrected chi connectivity index (χ1v) is 6.72. The second-order valence-electron chi connectivity index (χ2n) is 4.90. The van der Waals surface area contributed by atoms with Crippen LogP contribution in [0.5, 0.6) is 0 Å². The first kappa shape index (κ1) is 14.0. The number of carbonyl (C=O) groups is 1. The van der Waals surface area contributed by atoms with Gasteiger partial charge in [-0.2, -0.15) is 0 Å². The molecule has 0 spiro atoms. The number of anilines is 1. The van der Waals surface area contributed by atoms with Gasteiger partial charge in [-0.15, -0.1) is 0 Å². The number of aromatic nitrogens is 1. The second-order valence-corrected chi connectivity index (χ2v) is 4.90. The summed E-state index contributed by atoms with van der Waals surface area (Å²) in [4.78, 5) is 12.1. The molecular formula is C17H13FN2O2. The molecule has 3 rings (SSSR count). The van der Waals surface area contributed by atoms with Gasteiger partial charge in [0, 0.05) is 17.3 Å². The molecule has 0 unspecified atom stereocenters. The number of halogens is 1. The quantitative estimate of drug-likeness (QED) is 0.793. The summed E-state index contributed by atoms with van der Waals surface area (Å²) < 4.78 is 18.0. The van der Waals surface area contributed by atoms with Crippen molar-refractivity contribution in [2.75, 3.05) is 5.32 Å². The Morgan fingerprint density at radius 2 is 1.77 bits per heavy atom. The van der Waals surface area contributed by atoms with E-state index in [2.05, 4.69) is 10.5 Å². The standard InChI is InChI=1S/C17H13FN2O2/c1-11-2-8-14(9-3-11)19-17(21)15-10-16(22-20-15)12-4-6-13(18)7-5-12/h2-10H,1H3,(H,19,21). The molecule has 0 atom stereocenters. The van der Waals surface area contributed by atoms with Gasteiger partial charge in [-0.1, -0.05) is 22.9 Å². The Morgan fingerprint density at radius 3 is 2.45 bits per heavy atom. The zero-order chi connectivity index (χ0) is 15.5. The largest absolute Gasteiger partial charge is 0.355 e. The Bertz CT molecular complexity index is 792. The number of carbonyl (C=O) groups excluding carboxylic acids is 1. The lowest BCUT2D eigenvalue weighted by molar-refractivity contribution is 0.101. The maximum atomic E-state index is 12.9. The van der Waals surface area contributed by atoms with Crippen molar-refractivity contribution in [3.63, 3.8) is 0 Å².